The molecule has 0 saturated carbocycles. The van der Waals surface area contributed by atoms with Crippen molar-refractivity contribution in [2.45, 2.75) is 13.8 Å². The molecule has 4 nitrogen and oxygen atoms in total. The number of ether oxygens (including phenoxy) is 1. The van der Waals surface area contributed by atoms with Gasteiger partial charge in [-0.15, -0.1) is 0 Å². The van der Waals surface area contributed by atoms with Gasteiger partial charge in [0.15, 0.2) is 0 Å². The normalized spacial score (nSPS) is 10.1. The molecule has 2 aromatic rings. The summed E-state index contributed by atoms with van der Waals surface area (Å²) in [5, 5.41) is 13.4. The quantitative estimate of drug-likeness (QED) is 0.897. The molecule has 0 saturated heterocycles. The van der Waals surface area contributed by atoms with E-state index in [1.807, 2.05) is 26.0 Å². The molecule has 4 heteroatoms. The Morgan fingerprint density at radius 3 is 2.83 bits per heavy atom. The Bertz CT molecular complexity index is 629. The molecule has 1 N–H and O–H groups in total. The Balaban J connectivity index is 2.87. The summed E-state index contributed by atoms with van der Waals surface area (Å²) >= 11 is 0. The van der Waals surface area contributed by atoms with E-state index in [1.165, 1.54) is 0 Å². The van der Waals surface area contributed by atoms with Gasteiger partial charge >= 0.3 is 0 Å². The monoisotopic (exact) mass is 241 g/mol. The fourth-order valence-electron chi connectivity index (χ4n) is 2.05. The summed E-state index contributed by atoms with van der Waals surface area (Å²) < 4.78 is 5.32. The Kier molecular flexibility index (Phi) is 3.33. The van der Waals surface area contributed by atoms with Crippen LogP contribution in [-0.2, 0) is 0 Å². The standard InChI is InChI=1S/C14H15N3O/c1-4-16-13-10(7-15)8-17-14-11(18-3)6-5-9(2)12(13)14/h5-6,8H,4H2,1-3H3,(H,16,17). The third-order valence-corrected chi connectivity index (χ3v) is 2.89. The number of benzene rings is 1. The third-order valence-electron chi connectivity index (χ3n) is 2.89. The number of pyridine rings is 1. The number of rotatable bonds is 3. The van der Waals surface area contributed by atoms with Crippen LogP contribution in [0.5, 0.6) is 5.75 Å². The van der Waals surface area contributed by atoms with Crippen LogP contribution in [0.2, 0.25) is 0 Å². The Labute approximate surface area is 106 Å². The lowest BCUT2D eigenvalue weighted by atomic mass is 10.0. The van der Waals surface area contributed by atoms with Crippen LogP contribution in [0.4, 0.5) is 5.69 Å². The van der Waals surface area contributed by atoms with E-state index in [-0.39, 0.29) is 0 Å². The van der Waals surface area contributed by atoms with Gasteiger partial charge in [-0.05, 0) is 25.5 Å². The van der Waals surface area contributed by atoms with Gasteiger partial charge in [-0.1, -0.05) is 6.07 Å². The summed E-state index contributed by atoms with van der Waals surface area (Å²) in [6.45, 7) is 4.76. The minimum absolute atomic E-state index is 0.556. The number of nitrogens with zero attached hydrogens (tertiary/aromatic N) is 2. The molecule has 0 radical (unpaired) electrons. The molecule has 0 atom stereocenters. The van der Waals surface area contributed by atoms with Crippen molar-refractivity contribution >= 4 is 16.6 Å². The van der Waals surface area contributed by atoms with Crippen LogP contribution in [0.15, 0.2) is 18.3 Å². The molecule has 2 rings (SSSR count). The molecule has 0 bridgehead atoms. The molecule has 1 aromatic carbocycles. The maximum Gasteiger partial charge on any atom is 0.145 e. The minimum atomic E-state index is 0.556. The van der Waals surface area contributed by atoms with Gasteiger partial charge in [0.05, 0.1) is 18.4 Å². The zero-order valence-electron chi connectivity index (χ0n) is 10.7. The Hall–Kier alpha value is -2.28. The summed E-state index contributed by atoms with van der Waals surface area (Å²) in [5.74, 6) is 0.722. The molecule has 0 fully saturated rings. The topological polar surface area (TPSA) is 57.9 Å². The number of fused-ring (bicyclic) bond motifs is 1. The number of hydrogen-bond acceptors (Lipinski definition) is 4. The number of anilines is 1. The first-order valence-electron chi connectivity index (χ1n) is 5.83. The average Bonchev–Trinajstić information content (AvgIpc) is 2.39. The highest BCUT2D eigenvalue weighted by atomic mass is 16.5. The van der Waals surface area contributed by atoms with E-state index in [0.717, 1.165) is 34.4 Å². The first-order chi connectivity index (χ1) is 8.72. The fraction of sp³-hybridized carbons (Fsp3) is 0.286. The Morgan fingerprint density at radius 2 is 2.22 bits per heavy atom. The maximum atomic E-state index is 9.16. The lowest BCUT2D eigenvalue weighted by Gasteiger charge is -2.13. The largest absolute Gasteiger partial charge is 0.494 e. The molecule has 1 heterocycles. The zero-order chi connectivity index (χ0) is 13.1. The van der Waals surface area contributed by atoms with Gasteiger partial charge in [0, 0.05) is 18.1 Å². The van der Waals surface area contributed by atoms with Crippen LogP contribution in [0.25, 0.3) is 10.9 Å². The van der Waals surface area contributed by atoms with E-state index in [2.05, 4.69) is 16.4 Å². The van der Waals surface area contributed by atoms with Gasteiger partial charge in [0.1, 0.15) is 17.3 Å². The molecule has 0 aliphatic carbocycles. The van der Waals surface area contributed by atoms with Crippen molar-refractivity contribution in [2.24, 2.45) is 0 Å². The first kappa shape index (κ1) is 12.2. The molecule has 0 spiro atoms. The lowest BCUT2D eigenvalue weighted by molar-refractivity contribution is 0.419. The van der Waals surface area contributed by atoms with Gasteiger partial charge < -0.3 is 10.1 Å². The number of aromatic nitrogens is 1. The van der Waals surface area contributed by atoms with E-state index in [1.54, 1.807) is 13.3 Å². The van der Waals surface area contributed by atoms with E-state index in [4.69, 9.17) is 10.00 Å². The predicted octanol–water partition coefficient (Wildman–Crippen LogP) is 2.86. The minimum Gasteiger partial charge on any atom is -0.494 e. The van der Waals surface area contributed by atoms with E-state index >= 15 is 0 Å². The molecule has 0 unspecified atom stereocenters. The number of nitriles is 1. The second-order valence-electron chi connectivity index (χ2n) is 4.00. The molecule has 1 aromatic heterocycles. The van der Waals surface area contributed by atoms with Crippen LogP contribution in [0.1, 0.15) is 18.1 Å². The highest BCUT2D eigenvalue weighted by Gasteiger charge is 2.13. The fourth-order valence-corrected chi connectivity index (χ4v) is 2.05. The molecular weight excluding hydrogens is 226 g/mol. The van der Waals surface area contributed by atoms with E-state index in [0.29, 0.717) is 5.56 Å². The SMILES string of the molecule is CCNc1c(C#N)cnc2c(OC)ccc(C)c12. The molecule has 0 aliphatic heterocycles. The van der Waals surface area contributed by atoms with Crippen molar-refractivity contribution < 1.29 is 4.74 Å². The van der Waals surface area contributed by atoms with Gasteiger partial charge in [0.2, 0.25) is 0 Å². The second kappa shape index (κ2) is 4.92. The van der Waals surface area contributed by atoms with Crippen LogP contribution in [-0.4, -0.2) is 18.6 Å². The summed E-state index contributed by atoms with van der Waals surface area (Å²) in [6, 6.07) is 6.04. The predicted molar refractivity (Wildman–Crippen MR) is 71.9 cm³/mol. The van der Waals surface area contributed by atoms with Crippen LogP contribution in [0.3, 0.4) is 0 Å². The van der Waals surface area contributed by atoms with Crippen molar-refractivity contribution in [1.29, 1.82) is 5.26 Å². The van der Waals surface area contributed by atoms with Gasteiger partial charge in [-0.25, -0.2) is 0 Å². The van der Waals surface area contributed by atoms with Gasteiger partial charge in [-0.3, -0.25) is 4.98 Å². The van der Waals surface area contributed by atoms with Crippen molar-refractivity contribution in [3.05, 3.63) is 29.5 Å². The van der Waals surface area contributed by atoms with Gasteiger partial charge in [-0.2, -0.15) is 5.26 Å². The second-order valence-corrected chi connectivity index (χ2v) is 4.00. The number of hydrogen-bond donors (Lipinski definition) is 1. The maximum absolute atomic E-state index is 9.16. The molecule has 0 amide bonds. The number of nitrogens with one attached hydrogen (secondary N) is 1. The van der Waals surface area contributed by atoms with Crippen molar-refractivity contribution in [3.63, 3.8) is 0 Å². The summed E-state index contributed by atoms with van der Waals surface area (Å²) in [4.78, 5) is 4.34. The van der Waals surface area contributed by atoms with Crippen molar-refractivity contribution in [1.82, 2.24) is 4.98 Å². The molecule has 92 valence electrons. The van der Waals surface area contributed by atoms with Crippen LogP contribution in [0, 0.1) is 18.3 Å². The molecule has 0 aliphatic rings. The first-order valence-corrected chi connectivity index (χ1v) is 5.83. The summed E-state index contributed by atoms with van der Waals surface area (Å²) in [5.41, 5.74) is 3.25. The highest BCUT2D eigenvalue weighted by molar-refractivity contribution is 5.99. The van der Waals surface area contributed by atoms with E-state index < -0.39 is 0 Å². The van der Waals surface area contributed by atoms with Crippen molar-refractivity contribution in [3.8, 4) is 11.8 Å². The number of aryl methyl sites for hydroxylation is 1. The summed E-state index contributed by atoms with van der Waals surface area (Å²) in [6.07, 6.45) is 1.59. The van der Waals surface area contributed by atoms with Crippen LogP contribution < -0.4 is 10.1 Å². The lowest BCUT2D eigenvalue weighted by Crippen LogP contribution is -2.02. The highest BCUT2D eigenvalue weighted by Crippen LogP contribution is 2.33. The average molecular weight is 241 g/mol. The number of methoxy groups -OCH3 is 1. The third kappa shape index (κ3) is 1.84. The molecule has 18 heavy (non-hydrogen) atoms. The van der Waals surface area contributed by atoms with Gasteiger partial charge in [0.25, 0.3) is 0 Å². The Morgan fingerprint density at radius 1 is 1.44 bits per heavy atom. The van der Waals surface area contributed by atoms with Crippen LogP contribution >= 0.6 is 0 Å². The smallest absolute Gasteiger partial charge is 0.145 e. The van der Waals surface area contributed by atoms with E-state index in [9.17, 15) is 0 Å². The summed E-state index contributed by atoms with van der Waals surface area (Å²) in [7, 11) is 1.62. The zero-order valence-corrected chi connectivity index (χ0v) is 10.7. The van der Waals surface area contributed by atoms with Crippen molar-refractivity contribution in [2.75, 3.05) is 19.0 Å². The molecular formula is C14H15N3O.